The summed E-state index contributed by atoms with van der Waals surface area (Å²) in [6.45, 7) is 0. The van der Waals surface area contributed by atoms with Crippen molar-refractivity contribution in [3.63, 3.8) is 0 Å². The summed E-state index contributed by atoms with van der Waals surface area (Å²) < 4.78 is 28.7. The third-order valence-corrected chi connectivity index (χ3v) is 3.29. The number of nitrogens with zero attached hydrogens (tertiary/aromatic N) is 2. The van der Waals surface area contributed by atoms with Gasteiger partial charge in [0.2, 0.25) is 0 Å². The maximum absolute atomic E-state index is 13.7. The zero-order valence-corrected chi connectivity index (χ0v) is 11.0. The zero-order valence-electron chi connectivity index (χ0n) is 11.0. The second-order valence-electron chi connectivity index (χ2n) is 4.49. The lowest BCUT2D eigenvalue weighted by molar-refractivity contribution is 0.494. The normalized spacial score (nSPS) is 12.6. The summed E-state index contributed by atoms with van der Waals surface area (Å²) in [6.07, 6.45) is 3.15. The van der Waals surface area contributed by atoms with E-state index in [1.165, 1.54) is 12.1 Å². The number of aryl methyl sites for hydroxylation is 2. The molecule has 1 aromatic carbocycles. The summed E-state index contributed by atoms with van der Waals surface area (Å²) in [5, 5.41) is 7.12. The van der Waals surface area contributed by atoms with Crippen LogP contribution in [0, 0.1) is 11.6 Å². The van der Waals surface area contributed by atoms with Gasteiger partial charge in [0.15, 0.2) is 0 Å². The smallest absolute Gasteiger partial charge is 0.128 e. The third kappa shape index (κ3) is 3.17. The van der Waals surface area contributed by atoms with Crippen LogP contribution in [-0.4, -0.2) is 16.8 Å². The van der Waals surface area contributed by atoms with E-state index in [9.17, 15) is 8.78 Å². The standard InChI is InChI=1S/C14H17F2N3/c1-17-14(6-4-11-7-8-18-19(11)2)12-9-10(15)3-5-13(12)16/h3,5,7-9,14,17H,4,6H2,1-2H3. The van der Waals surface area contributed by atoms with E-state index in [2.05, 4.69) is 10.4 Å². The number of halogens is 2. The van der Waals surface area contributed by atoms with E-state index < -0.39 is 5.82 Å². The van der Waals surface area contributed by atoms with Crippen LogP contribution in [0.4, 0.5) is 8.78 Å². The van der Waals surface area contributed by atoms with E-state index in [1.807, 2.05) is 13.1 Å². The SMILES string of the molecule is CNC(CCc1ccnn1C)c1cc(F)ccc1F. The highest BCUT2D eigenvalue weighted by molar-refractivity contribution is 5.22. The topological polar surface area (TPSA) is 29.9 Å². The predicted molar refractivity (Wildman–Crippen MR) is 69.7 cm³/mol. The second-order valence-corrected chi connectivity index (χ2v) is 4.49. The average Bonchev–Trinajstić information content (AvgIpc) is 2.80. The van der Waals surface area contributed by atoms with E-state index in [1.54, 1.807) is 17.9 Å². The minimum Gasteiger partial charge on any atom is -0.313 e. The summed E-state index contributed by atoms with van der Waals surface area (Å²) >= 11 is 0. The van der Waals surface area contributed by atoms with Crippen molar-refractivity contribution in [3.8, 4) is 0 Å². The molecule has 2 rings (SSSR count). The highest BCUT2D eigenvalue weighted by Gasteiger charge is 2.15. The third-order valence-electron chi connectivity index (χ3n) is 3.29. The molecule has 0 radical (unpaired) electrons. The molecule has 0 aliphatic rings. The van der Waals surface area contributed by atoms with E-state index in [0.29, 0.717) is 12.0 Å². The lowest BCUT2D eigenvalue weighted by Crippen LogP contribution is -2.19. The molecular formula is C14H17F2N3. The Morgan fingerprint density at radius 3 is 2.74 bits per heavy atom. The van der Waals surface area contributed by atoms with Gasteiger partial charge in [-0.05, 0) is 44.2 Å². The summed E-state index contributed by atoms with van der Waals surface area (Å²) in [7, 11) is 3.62. The molecular weight excluding hydrogens is 248 g/mol. The van der Waals surface area contributed by atoms with Crippen LogP contribution >= 0.6 is 0 Å². The molecule has 1 atom stereocenters. The molecule has 0 aliphatic heterocycles. The fraction of sp³-hybridized carbons (Fsp3) is 0.357. The van der Waals surface area contributed by atoms with Crippen molar-refractivity contribution < 1.29 is 8.78 Å². The summed E-state index contributed by atoms with van der Waals surface area (Å²) in [5.41, 5.74) is 1.43. The molecule has 3 nitrogen and oxygen atoms in total. The Labute approximate surface area is 111 Å². The highest BCUT2D eigenvalue weighted by Crippen LogP contribution is 2.22. The van der Waals surface area contributed by atoms with Gasteiger partial charge in [-0.1, -0.05) is 0 Å². The number of rotatable bonds is 5. The van der Waals surface area contributed by atoms with E-state index >= 15 is 0 Å². The molecule has 0 spiro atoms. The molecule has 1 N–H and O–H groups in total. The Balaban J connectivity index is 2.12. The van der Waals surface area contributed by atoms with Gasteiger partial charge in [-0.15, -0.1) is 0 Å². The Hall–Kier alpha value is -1.75. The quantitative estimate of drug-likeness (QED) is 0.900. The van der Waals surface area contributed by atoms with Crippen LogP contribution in [0.15, 0.2) is 30.5 Å². The molecule has 0 saturated carbocycles. The van der Waals surface area contributed by atoms with E-state index in [0.717, 1.165) is 18.2 Å². The van der Waals surface area contributed by atoms with Crippen LogP contribution < -0.4 is 5.32 Å². The van der Waals surface area contributed by atoms with E-state index in [4.69, 9.17) is 0 Å². The molecule has 1 aromatic heterocycles. The number of hydrogen-bond donors (Lipinski definition) is 1. The van der Waals surface area contributed by atoms with Crippen LogP contribution in [0.2, 0.25) is 0 Å². The molecule has 1 unspecified atom stereocenters. The first-order chi connectivity index (χ1) is 9.11. The molecule has 0 fully saturated rings. The minimum atomic E-state index is -0.419. The number of aromatic nitrogens is 2. The largest absolute Gasteiger partial charge is 0.313 e. The lowest BCUT2D eigenvalue weighted by atomic mass is 10.0. The summed E-state index contributed by atoms with van der Waals surface area (Å²) in [4.78, 5) is 0. The summed E-state index contributed by atoms with van der Waals surface area (Å²) in [5.74, 6) is -0.803. The zero-order chi connectivity index (χ0) is 13.8. The van der Waals surface area contributed by atoms with Gasteiger partial charge in [0.1, 0.15) is 11.6 Å². The average molecular weight is 265 g/mol. The fourth-order valence-corrected chi connectivity index (χ4v) is 2.18. The van der Waals surface area contributed by atoms with Crippen molar-refractivity contribution in [1.29, 1.82) is 0 Å². The van der Waals surface area contributed by atoms with Crippen molar-refractivity contribution in [2.24, 2.45) is 7.05 Å². The highest BCUT2D eigenvalue weighted by atomic mass is 19.1. The Bertz CT molecular complexity index is 551. The fourth-order valence-electron chi connectivity index (χ4n) is 2.18. The molecule has 0 bridgehead atoms. The summed E-state index contributed by atoms with van der Waals surface area (Å²) in [6, 6.07) is 5.26. The van der Waals surface area contributed by atoms with Crippen LogP contribution in [0.3, 0.4) is 0 Å². The maximum Gasteiger partial charge on any atom is 0.128 e. The molecule has 102 valence electrons. The van der Waals surface area contributed by atoms with Gasteiger partial charge < -0.3 is 5.32 Å². The number of nitrogens with one attached hydrogen (secondary N) is 1. The van der Waals surface area contributed by atoms with Gasteiger partial charge in [0, 0.05) is 30.5 Å². The van der Waals surface area contributed by atoms with Gasteiger partial charge in [0.05, 0.1) is 0 Å². The Morgan fingerprint density at radius 1 is 1.32 bits per heavy atom. The van der Waals surface area contributed by atoms with Gasteiger partial charge in [-0.25, -0.2) is 8.78 Å². The lowest BCUT2D eigenvalue weighted by Gasteiger charge is -2.17. The van der Waals surface area contributed by atoms with Gasteiger partial charge in [-0.2, -0.15) is 5.10 Å². The van der Waals surface area contributed by atoms with Crippen LogP contribution in [-0.2, 0) is 13.5 Å². The second kappa shape index (κ2) is 5.93. The minimum absolute atomic E-state index is 0.217. The van der Waals surface area contributed by atoms with Gasteiger partial charge in [0.25, 0.3) is 0 Å². The first-order valence-corrected chi connectivity index (χ1v) is 6.21. The van der Waals surface area contributed by atoms with Crippen molar-refractivity contribution in [2.75, 3.05) is 7.05 Å². The first kappa shape index (κ1) is 13.7. The van der Waals surface area contributed by atoms with Crippen molar-refractivity contribution in [3.05, 3.63) is 53.4 Å². The van der Waals surface area contributed by atoms with Crippen LogP contribution in [0.1, 0.15) is 23.7 Å². The van der Waals surface area contributed by atoms with Crippen LogP contribution in [0.5, 0.6) is 0 Å². The number of hydrogen-bond acceptors (Lipinski definition) is 2. The van der Waals surface area contributed by atoms with Gasteiger partial charge in [-0.3, -0.25) is 4.68 Å². The molecule has 1 heterocycles. The Kier molecular flexibility index (Phi) is 4.27. The molecule has 5 heteroatoms. The van der Waals surface area contributed by atoms with Crippen molar-refractivity contribution in [2.45, 2.75) is 18.9 Å². The van der Waals surface area contributed by atoms with E-state index in [-0.39, 0.29) is 11.9 Å². The van der Waals surface area contributed by atoms with Crippen molar-refractivity contribution >= 4 is 0 Å². The van der Waals surface area contributed by atoms with Gasteiger partial charge >= 0.3 is 0 Å². The molecule has 0 amide bonds. The maximum atomic E-state index is 13.7. The molecule has 2 aromatic rings. The monoisotopic (exact) mass is 265 g/mol. The molecule has 0 aliphatic carbocycles. The number of benzene rings is 1. The van der Waals surface area contributed by atoms with Crippen LogP contribution in [0.25, 0.3) is 0 Å². The molecule has 19 heavy (non-hydrogen) atoms. The Morgan fingerprint density at radius 2 is 2.11 bits per heavy atom. The molecule has 0 saturated heterocycles. The van der Waals surface area contributed by atoms with Crippen molar-refractivity contribution in [1.82, 2.24) is 15.1 Å². The first-order valence-electron chi connectivity index (χ1n) is 6.21. The predicted octanol–water partition coefficient (Wildman–Crippen LogP) is 2.59.